The number of hydrogen-bond acceptors (Lipinski definition) is 8. The standard InChI is InChI=1S/C72H136NO8P/c1-6-8-10-12-14-16-18-20-22-24-26-27-28-29-30-31-32-33-34-35-36-37-38-39-40-41-42-43-44-45-47-49-51-53-55-57-59-61-63-65-72(75)81-70(69-80-82(76,77)79-67-66-73(3,4)5)68-78-71(74)64-62-60-58-56-54-52-50-48-46-25-23-21-19-17-15-13-11-9-7-2/h15,17-18,20-21,23-24,26,70H,6-14,16,19,22,25,27-69H2,1-5H3/b17-15-,20-18-,23-21-,26-24-. The van der Waals surface area contributed by atoms with Crippen LogP contribution in [-0.2, 0) is 32.7 Å². The second kappa shape index (κ2) is 63.5. The number of ether oxygens (including phenoxy) is 2. The molecule has 0 aromatic carbocycles. The van der Waals surface area contributed by atoms with Gasteiger partial charge in [-0.3, -0.25) is 14.2 Å². The van der Waals surface area contributed by atoms with Crippen molar-refractivity contribution in [3.8, 4) is 0 Å². The van der Waals surface area contributed by atoms with E-state index in [1.807, 2.05) is 21.1 Å². The van der Waals surface area contributed by atoms with E-state index in [0.717, 1.165) is 44.9 Å². The van der Waals surface area contributed by atoms with Crippen molar-refractivity contribution in [3.63, 3.8) is 0 Å². The van der Waals surface area contributed by atoms with Crippen LogP contribution >= 0.6 is 7.82 Å². The highest BCUT2D eigenvalue weighted by Gasteiger charge is 2.22. The molecule has 0 saturated heterocycles. The van der Waals surface area contributed by atoms with E-state index in [9.17, 15) is 19.0 Å². The van der Waals surface area contributed by atoms with Gasteiger partial charge in [0, 0.05) is 12.8 Å². The van der Waals surface area contributed by atoms with Crippen molar-refractivity contribution in [1.82, 2.24) is 0 Å². The minimum Gasteiger partial charge on any atom is -0.756 e. The first-order chi connectivity index (χ1) is 40.0. The van der Waals surface area contributed by atoms with E-state index in [2.05, 4.69) is 62.5 Å². The van der Waals surface area contributed by atoms with Crippen molar-refractivity contribution >= 4 is 19.8 Å². The maximum atomic E-state index is 12.9. The summed E-state index contributed by atoms with van der Waals surface area (Å²) in [5.74, 6) is -0.822. The number of hydrogen-bond donors (Lipinski definition) is 0. The Bertz CT molecular complexity index is 1520. The Balaban J connectivity index is 3.91. The van der Waals surface area contributed by atoms with Gasteiger partial charge in [0.2, 0.25) is 0 Å². The summed E-state index contributed by atoms with van der Waals surface area (Å²) in [6, 6.07) is 0. The Labute approximate surface area is 509 Å². The van der Waals surface area contributed by atoms with Crippen LogP contribution in [0.4, 0.5) is 0 Å². The number of esters is 2. The topological polar surface area (TPSA) is 111 Å². The Morgan fingerprint density at radius 3 is 0.988 bits per heavy atom. The number of carbonyl (C=O) groups excluding carboxylic acids is 2. The molecule has 0 N–H and O–H groups in total. The second-order valence-corrected chi connectivity index (χ2v) is 26.7. The zero-order chi connectivity index (χ0) is 59.8. The molecule has 0 heterocycles. The second-order valence-electron chi connectivity index (χ2n) is 25.2. The van der Waals surface area contributed by atoms with Crippen LogP contribution in [0.25, 0.3) is 0 Å². The Morgan fingerprint density at radius 2 is 0.659 bits per heavy atom. The molecule has 0 saturated carbocycles. The molecule has 82 heavy (non-hydrogen) atoms. The SMILES string of the molecule is CCCCC/C=C\C/C=C\CCCCCCCCCCCC(=O)OCC(COP(=O)([O-])OCC[N+](C)(C)C)OC(=O)CCCCCCCCCCCCCCCCCCCCCCCCCCCCC/C=C\C/C=C\CCCCCCC. The summed E-state index contributed by atoms with van der Waals surface area (Å²) in [6.45, 7) is 4.25. The van der Waals surface area contributed by atoms with E-state index in [-0.39, 0.29) is 32.0 Å². The van der Waals surface area contributed by atoms with Crippen molar-refractivity contribution in [3.05, 3.63) is 48.6 Å². The number of rotatable bonds is 66. The lowest BCUT2D eigenvalue weighted by Gasteiger charge is -2.28. The number of phosphoric ester groups is 1. The van der Waals surface area contributed by atoms with Gasteiger partial charge in [-0.25, -0.2) is 0 Å². The summed E-state index contributed by atoms with van der Waals surface area (Å²) in [6.07, 6.45) is 82.1. The molecule has 0 aromatic heterocycles. The van der Waals surface area contributed by atoms with Gasteiger partial charge in [-0.15, -0.1) is 0 Å². The zero-order valence-electron chi connectivity index (χ0n) is 55.0. The molecule has 10 heteroatoms. The number of quaternary nitrogens is 1. The predicted molar refractivity (Wildman–Crippen MR) is 351 cm³/mol. The molecule has 0 fully saturated rings. The number of unbranched alkanes of at least 4 members (excludes halogenated alkanes) is 44. The van der Waals surface area contributed by atoms with Crippen LogP contribution in [0.5, 0.6) is 0 Å². The molecule has 0 radical (unpaired) electrons. The molecule has 0 aliphatic heterocycles. The molecule has 2 atom stereocenters. The van der Waals surface area contributed by atoms with Crippen LogP contribution in [0, 0.1) is 0 Å². The van der Waals surface area contributed by atoms with E-state index >= 15 is 0 Å². The lowest BCUT2D eigenvalue weighted by Crippen LogP contribution is -2.37. The third kappa shape index (κ3) is 67.1. The van der Waals surface area contributed by atoms with E-state index in [1.54, 1.807) is 0 Å². The fraction of sp³-hybridized carbons (Fsp3) is 0.861. The third-order valence-electron chi connectivity index (χ3n) is 15.8. The number of phosphoric acid groups is 1. The normalized spacial score (nSPS) is 13.4. The maximum absolute atomic E-state index is 12.9. The molecule has 0 aliphatic rings. The van der Waals surface area contributed by atoms with Crippen LogP contribution in [0.15, 0.2) is 48.6 Å². The summed E-state index contributed by atoms with van der Waals surface area (Å²) < 4.78 is 34.3. The smallest absolute Gasteiger partial charge is 0.306 e. The van der Waals surface area contributed by atoms with E-state index in [1.165, 1.54) is 270 Å². The molecule has 0 aliphatic carbocycles. The first-order valence-electron chi connectivity index (χ1n) is 35.3. The highest BCUT2D eigenvalue weighted by molar-refractivity contribution is 7.45. The van der Waals surface area contributed by atoms with Crippen molar-refractivity contribution < 1.29 is 42.1 Å². The van der Waals surface area contributed by atoms with Gasteiger partial charge in [0.1, 0.15) is 19.8 Å². The quantitative estimate of drug-likeness (QED) is 0.0195. The predicted octanol–water partition coefficient (Wildman–Crippen LogP) is 22.2. The molecule has 9 nitrogen and oxygen atoms in total. The molecular weight excluding hydrogens is 1040 g/mol. The van der Waals surface area contributed by atoms with Gasteiger partial charge in [0.05, 0.1) is 27.7 Å². The van der Waals surface area contributed by atoms with Crippen molar-refractivity contribution in [1.29, 1.82) is 0 Å². The van der Waals surface area contributed by atoms with Crippen molar-refractivity contribution in [2.24, 2.45) is 0 Å². The van der Waals surface area contributed by atoms with Gasteiger partial charge in [-0.05, 0) is 77.0 Å². The average molecular weight is 1170 g/mol. The minimum atomic E-state index is -4.64. The molecule has 0 aromatic rings. The summed E-state index contributed by atoms with van der Waals surface area (Å²) in [5, 5.41) is 0. The van der Waals surface area contributed by atoms with Crippen LogP contribution in [0.2, 0.25) is 0 Å². The molecule has 0 rings (SSSR count). The number of carbonyl (C=O) groups is 2. The van der Waals surface area contributed by atoms with Gasteiger partial charge >= 0.3 is 11.9 Å². The monoisotopic (exact) mass is 1170 g/mol. The molecule has 482 valence electrons. The summed E-state index contributed by atoms with van der Waals surface area (Å²) in [7, 11) is 1.18. The fourth-order valence-corrected chi connectivity index (χ4v) is 11.1. The third-order valence-corrected chi connectivity index (χ3v) is 16.8. The van der Waals surface area contributed by atoms with Gasteiger partial charge in [0.15, 0.2) is 6.10 Å². The molecule has 0 spiro atoms. The Kier molecular flexibility index (Phi) is 61.9. The van der Waals surface area contributed by atoms with Crippen LogP contribution in [-0.4, -0.2) is 70.0 Å². The van der Waals surface area contributed by atoms with E-state index in [4.69, 9.17) is 18.5 Å². The molecule has 2 unspecified atom stereocenters. The van der Waals surface area contributed by atoms with Gasteiger partial charge in [0.25, 0.3) is 7.82 Å². The van der Waals surface area contributed by atoms with E-state index in [0.29, 0.717) is 17.4 Å². The van der Waals surface area contributed by atoms with Crippen LogP contribution in [0.1, 0.15) is 348 Å². The maximum Gasteiger partial charge on any atom is 0.306 e. The minimum absolute atomic E-state index is 0.0299. The lowest BCUT2D eigenvalue weighted by molar-refractivity contribution is -0.870. The largest absolute Gasteiger partial charge is 0.756 e. The number of nitrogens with zero attached hydrogens (tertiary/aromatic N) is 1. The van der Waals surface area contributed by atoms with Crippen molar-refractivity contribution in [2.45, 2.75) is 354 Å². The summed E-state index contributed by atoms with van der Waals surface area (Å²) >= 11 is 0. The highest BCUT2D eigenvalue weighted by Crippen LogP contribution is 2.38. The van der Waals surface area contributed by atoms with Gasteiger partial charge < -0.3 is 27.9 Å². The highest BCUT2D eigenvalue weighted by atomic mass is 31.2. The number of allylic oxidation sites excluding steroid dienone is 8. The zero-order valence-corrected chi connectivity index (χ0v) is 55.8. The van der Waals surface area contributed by atoms with Gasteiger partial charge in [-0.1, -0.05) is 306 Å². The van der Waals surface area contributed by atoms with Crippen molar-refractivity contribution in [2.75, 3.05) is 47.5 Å². The molecule has 0 bridgehead atoms. The molecule has 0 amide bonds. The summed E-state index contributed by atoms with van der Waals surface area (Å²) in [5.41, 5.74) is 0. The molecular formula is C72H136NO8P. The first kappa shape index (κ1) is 80.0. The first-order valence-corrected chi connectivity index (χ1v) is 36.8. The van der Waals surface area contributed by atoms with Gasteiger partial charge in [-0.2, -0.15) is 0 Å². The lowest BCUT2D eigenvalue weighted by atomic mass is 10.0. The van der Waals surface area contributed by atoms with E-state index < -0.39 is 26.5 Å². The fourth-order valence-electron chi connectivity index (χ4n) is 10.4. The Hall–Kier alpha value is -2.03. The average Bonchev–Trinajstić information content (AvgIpc) is 3.44. The summed E-state index contributed by atoms with van der Waals surface area (Å²) in [4.78, 5) is 38.0. The van der Waals surface area contributed by atoms with Crippen LogP contribution in [0.3, 0.4) is 0 Å². The Morgan fingerprint density at radius 1 is 0.378 bits per heavy atom. The number of likely N-dealkylation sites (N-methyl/N-ethyl adjacent to an activating group) is 1. The van der Waals surface area contributed by atoms with Crippen LogP contribution < -0.4 is 4.89 Å².